The number of benzene rings is 1. The Bertz CT molecular complexity index is 312. The van der Waals surface area contributed by atoms with Crippen molar-refractivity contribution in [1.29, 1.82) is 0 Å². The van der Waals surface area contributed by atoms with Gasteiger partial charge in [-0.05, 0) is 36.5 Å². The van der Waals surface area contributed by atoms with Crippen molar-refractivity contribution in [1.82, 2.24) is 0 Å². The lowest BCUT2D eigenvalue weighted by molar-refractivity contribution is 0.0596. The zero-order valence-corrected chi connectivity index (χ0v) is 10.2. The highest BCUT2D eigenvalue weighted by atomic mass is 35.5. The molecule has 3 heteroatoms. The molecular weight excluding hydrogens is 228 g/mol. The zero-order chi connectivity index (χ0) is 10.7. The molecule has 1 heterocycles. The van der Waals surface area contributed by atoms with Gasteiger partial charge in [0.25, 0.3) is 0 Å². The molecule has 15 heavy (non-hydrogen) atoms. The van der Waals surface area contributed by atoms with E-state index in [1.165, 1.54) is 5.56 Å². The third kappa shape index (κ3) is 3.13. The summed E-state index contributed by atoms with van der Waals surface area (Å²) >= 11 is 10.4. The molecule has 0 N–H and O–H groups in total. The van der Waals surface area contributed by atoms with Crippen LogP contribution in [0.25, 0.3) is 0 Å². The van der Waals surface area contributed by atoms with Gasteiger partial charge in [-0.2, -0.15) is 12.6 Å². The van der Waals surface area contributed by atoms with Crippen LogP contribution in [0.15, 0.2) is 24.3 Å². The Morgan fingerprint density at radius 1 is 1.33 bits per heavy atom. The van der Waals surface area contributed by atoms with Crippen LogP contribution in [0.3, 0.4) is 0 Å². The Hall–Kier alpha value is -0.180. The molecule has 1 aromatic carbocycles. The number of hydrogen-bond donors (Lipinski definition) is 1. The third-order valence-electron chi connectivity index (χ3n) is 2.85. The molecule has 2 atom stereocenters. The fraction of sp³-hybridized carbons (Fsp3) is 0.500. The second kappa shape index (κ2) is 5.24. The van der Waals surface area contributed by atoms with E-state index in [2.05, 4.69) is 24.8 Å². The largest absolute Gasteiger partial charge is 0.381 e. The second-order valence-corrected chi connectivity index (χ2v) is 5.12. The highest BCUT2D eigenvalue weighted by Gasteiger charge is 2.22. The van der Waals surface area contributed by atoms with Crippen molar-refractivity contribution in [2.45, 2.75) is 18.1 Å². The molecule has 0 bridgehead atoms. The van der Waals surface area contributed by atoms with Crippen LogP contribution in [-0.4, -0.2) is 18.5 Å². The Morgan fingerprint density at radius 2 is 2.07 bits per heavy atom. The molecule has 0 amide bonds. The summed E-state index contributed by atoms with van der Waals surface area (Å²) in [6, 6.07) is 8.04. The van der Waals surface area contributed by atoms with E-state index in [0.717, 1.165) is 31.1 Å². The lowest BCUT2D eigenvalue weighted by atomic mass is 9.94. The van der Waals surface area contributed by atoms with Gasteiger partial charge in [0.1, 0.15) is 0 Å². The summed E-state index contributed by atoms with van der Waals surface area (Å²) in [5.74, 6) is 0.531. The molecule has 1 nitrogen and oxygen atoms in total. The van der Waals surface area contributed by atoms with Crippen LogP contribution in [0.4, 0.5) is 0 Å². The van der Waals surface area contributed by atoms with Gasteiger partial charge < -0.3 is 4.74 Å². The molecule has 1 aliphatic rings. The summed E-state index contributed by atoms with van der Waals surface area (Å²) in [5, 5.41) is 1.26. The van der Waals surface area contributed by atoms with E-state index >= 15 is 0 Å². The predicted octanol–water partition coefficient (Wildman–Crippen LogP) is 3.22. The molecular formula is C12H15ClOS. The molecule has 1 fully saturated rings. The van der Waals surface area contributed by atoms with Crippen LogP contribution in [0.1, 0.15) is 12.0 Å². The maximum Gasteiger partial charge on any atom is 0.0507 e. The first kappa shape index (κ1) is 11.3. The van der Waals surface area contributed by atoms with Gasteiger partial charge >= 0.3 is 0 Å². The summed E-state index contributed by atoms with van der Waals surface area (Å²) in [6.07, 6.45) is 2.09. The molecule has 2 unspecified atom stereocenters. The third-order valence-corrected chi connectivity index (χ3v) is 3.78. The van der Waals surface area contributed by atoms with Gasteiger partial charge in [-0.15, -0.1) is 0 Å². The molecule has 0 saturated carbocycles. The standard InChI is InChI=1S/C12H15ClOS/c13-11-3-1-9(2-4-11)7-10-8-14-6-5-12(10)15/h1-4,10,12,15H,5-8H2. The number of thiol groups is 1. The molecule has 2 rings (SSSR count). The van der Waals surface area contributed by atoms with Gasteiger partial charge in [0.15, 0.2) is 0 Å². The van der Waals surface area contributed by atoms with Gasteiger partial charge in [-0.1, -0.05) is 23.7 Å². The first-order valence-electron chi connectivity index (χ1n) is 5.26. The van der Waals surface area contributed by atoms with Crippen molar-refractivity contribution in [3.8, 4) is 0 Å². The lowest BCUT2D eigenvalue weighted by Gasteiger charge is -2.28. The Morgan fingerprint density at radius 3 is 2.73 bits per heavy atom. The van der Waals surface area contributed by atoms with E-state index in [4.69, 9.17) is 16.3 Å². The smallest absolute Gasteiger partial charge is 0.0507 e. The summed E-state index contributed by atoms with van der Waals surface area (Å²) in [7, 11) is 0. The van der Waals surface area contributed by atoms with Crippen LogP contribution in [0, 0.1) is 5.92 Å². The van der Waals surface area contributed by atoms with E-state index in [9.17, 15) is 0 Å². The molecule has 0 radical (unpaired) electrons. The normalized spacial score (nSPS) is 26.5. The number of hydrogen-bond acceptors (Lipinski definition) is 2. The molecule has 1 saturated heterocycles. The van der Waals surface area contributed by atoms with Gasteiger partial charge in [0.05, 0.1) is 6.61 Å². The maximum absolute atomic E-state index is 5.84. The van der Waals surface area contributed by atoms with E-state index < -0.39 is 0 Å². The van der Waals surface area contributed by atoms with Crippen molar-refractivity contribution < 1.29 is 4.74 Å². The summed E-state index contributed by atoms with van der Waals surface area (Å²) < 4.78 is 5.47. The van der Waals surface area contributed by atoms with E-state index in [0.29, 0.717) is 11.2 Å². The lowest BCUT2D eigenvalue weighted by Crippen LogP contribution is -2.29. The minimum absolute atomic E-state index is 0.467. The average Bonchev–Trinajstić information content (AvgIpc) is 2.25. The molecule has 1 aliphatic heterocycles. The fourth-order valence-corrected chi connectivity index (χ4v) is 2.33. The van der Waals surface area contributed by atoms with Crippen molar-refractivity contribution in [2.24, 2.45) is 5.92 Å². The van der Waals surface area contributed by atoms with Gasteiger partial charge in [-0.3, -0.25) is 0 Å². The number of rotatable bonds is 2. The van der Waals surface area contributed by atoms with Crippen LogP contribution >= 0.6 is 24.2 Å². The van der Waals surface area contributed by atoms with Crippen LogP contribution in [-0.2, 0) is 11.2 Å². The topological polar surface area (TPSA) is 9.23 Å². The Kier molecular flexibility index (Phi) is 3.95. The van der Waals surface area contributed by atoms with E-state index in [1.54, 1.807) is 0 Å². The summed E-state index contributed by atoms with van der Waals surface area (Å²) in [5.41, 5.74) is 1.31. The van der Waals surface area contributed by atoms with E-state index in [1.807, 2.05) is 12.1 Å². The van der Waals surface area contributed by atoms with Crippen molar-refractivity contribution in [3.05, 3.63) is 34.9 Å². The molecule has 0 spiro atoms. The van der Waals surface area contributed by atoms with E-state index in [-0.39, 0.29) is 0 Å². The fourth-order valence-electron chi connectivity index (χ4n) is 1.90. The van der Waals surface area contributed by atoms with Gasteiger partial charge in [-0.25, -0.2) is 0 Å². The van der Waals surface area contributed by atoms with Crippen LogP contribution in [0.2, 0.25) is 5.02 Å². The SMILES string of the molecule is SC1CCOCC1Cc1ccc(Cl)cc1. The molecule has 82 valence electrons. The predicted molar refractivity (Wildman–Crippen MR) is 66.9 cm³/mol. The molecule has 0 aromatic heterocycles. The second-order valence-electron chi connectivity index (χ2n) is 4.02. The number of halogens is 1. The maximum atomic E-state index is 5.84. The first-order chi connectivity index (χ1) is 7.25. The zero-order valence-electron chi connectivity index (χ0n) is 8.53. The van der Waals surface area contributed by atoms with Crippen LogP contribution in [0.5, 0.6) is 0 Å². The van der Waals surface area contributed by atoms with Gasteiger partial charge in [0, 0.05) is 16.9 Å². The summed E-state index contributed by atoms with van der Waals surface area (Å²) in [6.45, 7) is 1.68. The highest BCUT2D eigenvalue weighted by molar-refractivity contribution is 7.81. The van der Waals surface area contributed by atoms with Crippen LogP contribution < -0.4 is 0 Å². The Labute approximate surface area is 101 Å². The highest BCUT2D eigenvalue weighted by Crippen LogP contribution is 2.24. The monoisotopic (exact) mass is 242 g/mol. The minimum Gasteiger partial charge on any atom is -0.381 e. The average molecular weight is 243 g/mol. The molecule has 1 aromatic rings. The van der Waals surface area contributed by atoms with Crippen molar-refractivity contribution in [2.75, 3.05) is 13.2 Å². The van der Waals surface area contributed by atoms with Crippen molar-refractivity contribution >= 4 is 24.2 Å². The first-order valence-corrected chi connectivity index (χ1v) is 6.15. The minimum atomic E-state index is 0.467. The Balaban J connectivity index is 1.98. The quantitative estimate of drug-likeness (QED) is 0.784. The summed E-state index contributed by atoms with van der Waals surface area (Å²) in [4.78, 5) is 0. The number of ether oxygens (including phenoxy) is 1. The molecule has 0 aliphatic carbocycles. The van der Waals surface area contributed by atoms with Crippen molar-refractivity contribution in [3.63, 3.8) is 0 Å². The van der Waals surface area contributed by atoms with Gasteiger partial charge in [0.2, 0.25) is 0 Å².